The van der Waals surface area contributed by atoms with Gasteiger partial charge >= 0.3 is 0 Å². The van der Waals surface area contributed by atoms with E-state index in [1.165, 1.54) is 6.07 Å². The summed E-state index contributed by atoms with van der Waals surface area (Å²) in [6.07, 6.45) is 1.53. The average Bonchev–Trinajstić information content (AvgIpc) is 3.27. The van der Waals surface area contributed by atoms with Gasteiger partial charge in [-0.1, -0.05) is 12.1 Å². The van der Waals surface area contributed by atoms with E-state index in [1.54, 1.807) is 12.1 Å². The summed E-state index contributed by atoms with van der Waals surface area (Å²) < 4.78 is 19.2. The van der Waals surface area contributed by atoms with Crippen LogP contribution in [0.1, 0.15) is 31.4 Å². The molecule has 0 saturated carbocycles. The number of hydrogen-bond acceptors (Lipinski definition) is 4. The number of halogens is 2. The van der Waals surface area contributed by atoms with Gasteiger partial charge < -0.3 is 24.8 Å². The van der Waals surface area contributed by atoms with Gasteiger partial charge in [-0.15, -0.1) is 24.0 Å². The molecule has 9 heteroatoms. The standard InChI is InChI=1S/C22H34FN5O2.HI/c1-4-24-22(25-16-19(26(2)3)17-7-5-8-18(23)15-17)28-12-10-27(11-13-28)21(29)20-9-6-14-30-20;/h5,7-8,15,19-20H,4,6,9-14,16H2,1-3H3,(H,24,25);1H. The first-order valence-electron chi connectivity index (χ1n) is 10.8. The van der Waals surface area contributed by atoms with Gasteiger partial charge in [0.1, 0.15) is 11.9 Å². The summed E-state index contributed by atoms with van der Waals surface area (Å²) in [4.78, 5) is 23.6. The van der Waals surface area contributed by atoms with Gasteiger partial charge in [0.15, 0.2) is 5.96 Å². The SMILES string of the molecule is CCNC(=NCC(c1cccc(F)c1)N(C)C)N1CCN(C(=O)C2CCCO2)CC1.I. The zero-order valence-corrected chi connectivity index (χ0v) is 21.0. The van der Waals surface area contributed by atoms with Crippen LogP contribution in [-0.4, -0.2) is 92.6 Å². The smallest absolute Gasteiger partial charge is 0.251 e. The molecule has 2 aliphatic heterocycles. The van der Waals surface area contributed by atoms with Crippen molar-refractivity contribution in [1.29, 1.82) is 0 Å². The molecule has 2 atom stereocenters. The van der Waals surface area contributed by atoms with Crippen LogP contribution in [0.25, 0.3) is 0 Å². The number of likely N-dealkylation sites (N-methyl/N-ethyl adjacent to an activating group) is 1. The molecule has 0 radical (unpaired) electrons. The molecule has 1 aromatic carbocycles. The molecule has 3 rings (SSSR count). The molecule has 0 spiro atoms. The molecule has 7 nitrogen and oxygen atoms in total. The lowest BCUT2D eigenvalue weighted by Crippen LogP contribution is -2.55. The number of hydrogen-bond donors (Lipinski definition) is 1. The van der Waals surface area contributed by atoms with Crippen LogP contribution in [0.4, 0.5) is 4.39 Å². The first-order chi connectivity index (χ1) is 14.5. The topological polar surface area (TPSA) is 60.4 Å². The van der Waals surface area contributed by atoms with Crippen molar-refractivity contribution >= 4 is 35.8 Å². The van der Waals surface area contributed by atoms with E-state index < -0.39 is 0 Å². The fourth-order valence-corrected chi connectivity index (χ4v) is 3.99. The molecule has 2 saturated heterocycles. The molecular formula is C22H35FIN5O2. The molecule has 0 aliphatic carbocycles. The highest BCUT2D eigenvalue weighted by molar-refractivity contribution is 14.0. The van der Waals surface area contributed by atoms with Crippen LogP contribution in [0.15, 0.2) is 29.3 Å². The van der Waals surface area contributed by atoms with E-state index in [0.717, 1.165) is 44.0 Å². The highest BCUT2D eigenvalue weighted by Crippen LogP contribution is 2.20. The Kier molecular flexibility index (Phi) is 10.4. The normalized spacial score (nSPS) is 20.5. The van der Waals surface area contributed by atoms with Crippen LogP contribution >= 0.6 is 24.0 Å². The first-order valence-corrected chi connectivity index (χ1v) is 10.8. The number of piperazine rings is 1. The Balaban J connectivity index is 0.00000341. The molecule has 174 valence electrons. The molecule has 2 aliphatic rings. The van der Waals surface area contributed by atoms with E-state index in [2.05, 4.69) is 15.1 Å². The summed E-state index contributed by atoms with van der Waals surface area (Å²) >= 11 is 0. The van der Waals surface area contributed by atoms with Gasteiger partial charge in [-0.2, -0.15) is 0 Å². The van der Waals surface area contributed by atoms with Crippen molar-refractivity contribution in [2.45, 2.75) is 31.9 Å². The number of carbonyl (C=O) groups is 1. The van der Waals surface area contributed by atoms with Gasteiger partial charge in [-0.3, -0.25) is 9.79 Å². The largest absolute Gasteiger partial charge is 0.368 e. The quantitative estimate of drug-likeness (QED) is 0.337. The van der Waals surface area contributed by atoms with Crippen LogP contribution < -0.4 is 5.32 Å². The van der Waals surface area contributed by atoms with Gasteiger partial charge in [0, 0.05) is 39.3 Å². The number of carbonyl (C=O) groups excluding carboxylic acids is 1. The van der Waals surface area contributed by atoms with Crippen LogP contribution in [0.3, 0.4) is 0 Å². The number of guanidine groups is 1. The fraction of sp³-hybridized carbons (Fsp3) is 0.636. The van der Waals surface area contributed by atoms with E-state index in [-0.39, 0.29) is 47.8 Å². The van der Waals surface area contributed by atoms with Crippen LogP contribution in [-0.2, 0) is 9.53 Å². The molecule has 2 fully saturated rings. The molecule has 2 heterocycles. The maximum absolute atomic E-state index is 13.7. The van der Waals surface area contributed by atoms with Crippen LogP contribution in [0.2, 0.25) is 0 Å². The number of nitrogens with zero attached hydrogens (tertiary/aromatic N) is 4. The Morgan fingerprint density at radius 1 is 1.29 bits per heavy atom. The lowest BCUT2D eigenvalue weighted by Gasteiger charge is -2.37. The summed E-state index contributed by atoms with van der Waals surface area (Å²) in [5.74, 6) is 0.722. The third-order valence-corrected chi connectivity index (χ3v) is 5.70. The van der Waals surface area contributed by atoms with Crippen molar-refractivity contribution in [3.8, 4) is 0 Å². The van der Waals surface area contributed by atoms with Crippen LogP contribution in [0, 0.1) is 5.82 Å². The van der Waals surface area contributed by atoms with Crippen molar-refractivity contribution in [3.63, 3.8) is 0 Å². The maximum Gasteiger partial charge on any atom is 0.251 e. The fourth-order valence-electron chi connectivity index (χ4n) is 3.99. The Morgan fingerprint density at radius 2 is 2.00 bits per heavy atom. The van der Waals surface area contributed by atoms with Gasteiger partial charge in [0.25, 0.3) is 5.91 Å². The molecule has 2 unspecified atom stereocenters. The maximum atomic E-state index is 13.7. The number of nitrogens with one attached hydrogen (secondary N) is 1. The predicted molar refractivity (Wildman–Crippen MR) is 131 cm³/mol. The minimum Gasteiger partial charge on any atom is -0.368 e. The highest BCUT2D eigenvalue weighted by atomic mass is 127. The molecule has 0 bridgehead atoms. The molecule has 31 heavy (non-hydrogen) atoms. The summed E-state index contributed by atoms with van der Waals surface area (Å²) in [6, 6.07) is 6.69. The van der Waals surface area contributed by atoms with Gasteiger partial charge in [-0.05, 0) is 51.6 Å². The number of ether oxygens (including phenoxy) is 1. The van der Waals surface area contributed by atoms with Crippen molar-refractivity contribution < 1.29 is 13.9 Å². The molecule has 1 N–H and O–H groups in total. The van der Waals surface area contributed by atoms with Crippen LogP contribution in [0.5, 0.6) is 0 Å². The number of benzene rings is 1. The molecule has 1 amide bonds. The highest BCUT2D eigenvalue weighted by Gasteiger charge is 2.31. The zero-order chi connectivity index (χ0) is 21.5. The van der Waals surface area contributed by atoms with E-state index in [4.69, 9.17) is 9.73 Å². The van der Waals surface area contributed by atoms with E-state index in [9.17, 15) is 9.18 Å². The molecule has 0 aromatic heterocycles. The number of aliphatic imine (C=N–C) groups is 1. The molecular weight excluding hydrogens is 512 g/mol. The summed E-state index contributed by atoms with van der Waals surface area (Å²) in [5.41, 5.74) is 0.909. The first kappa shape index (κ1) is 25.8. The van der Waals surface area contributed by atoms with Crippen molar-refractivity contribution in [3.05, 3.63) is 35.6 Å². The lowest BCUT2D eigenvalue weighted by atomic mass is 10.1. The van der Waals surface area contributed by atoms with Gasteiger partial charge in [0.05, 0.1) is 12.6 Å². The number of amides is 1. The van der Waals surface area contributed by atoms with Gasteiger partial charge in [-0.25, -0.2) is 4.39 Å². The Bertz CT molecular complexity index is 734. The van der Waals surface area contributed by atoms with Crippen molar-refractivity contribution in [1.82, 2.24) is 20.0 Å². The Hall–Kier alpha value is -1.46. The Labute approximate surface area is 202 Å². The lowest BCUT2D eigenvalue weighted by molar-refractivity contribution is -0.142. The summed E-state index contributed by atoms with van der Waals surface area (Å²) in [7, 11) is 3.96. The third-order valence-electron chi connectivity index (χ3n) is 5.70. The second-order valence-electron chi connectivity index (χ2n) is 8.04. The Morgan fingerprint density at radius 3 is 2.58 bits per heavy atom. The van der Waals surface area contributed by atoms with E-state index in [1.807, 2.05) is 32.0 Å². The van der Waals surface area contributed by atoms with Crippen molar-refractivity contribution in [2.75, 3.05) is 60.0 Å². The van der Waals surface area contributed by atoms with Crippen molar-refractivity contribution in [2.24, 2.45) is 4.99 Å². The van der Waals surface area contributed by atoms with E-state index >= 15 is 0 Å². The second kappa shape index (κ2) is 12.5. The zero-order valence-electron chi connectivity index (χ0n) is 18.7. The van der Waals surface area contributed by atoms with Gasteiger partial charge in [0.2, 0.25) is 0 Å². The van der Waals surface area contributed by atoms with E-state index in [0.29, 0.717) is 26.2 Å². The summed E-state index contributed by atoms with van der Waals surface area (Å²) in [6.45, 7) is 6.82. The third kappa shape index (κ3) is 7.01. The predicted octanol–water partition coefficient (Wildman–Crippen LogP) is 2.34. The molecule has 1 aromatic rings. The summed E-state index contributed by atoms with van der Waals surface area (Å²) in [5, 5.41) is 3.36. The minimum absolute atomic E-state index is 0. The average molecular weight is 547 g/mol. The second-order valence-corrected chi connectivity index (χ2v) is 8.04. The number of rotatable bonds is 6. The minimum atomic E-state index is -0.259. The monoisotopic (exact) mass is 547 g/mol.